The number of carbonyl (C=O) groups excluding carboxylic acids is 1. The second-order valence-corrected chi connectivity index (χ2v) is 6.36. The molecule has 0 saturated heterocycles. The van der Waals surface area contributed by atoms with Crippen LogP contribution in [-0.4, -0.2) is 23.6 Å². The number of hydrogen-bond acceptors (Lipinski definition) is 4. The minimum absolute atomic E-state index is 0.0307. The van der Waals surface area contributed by atoms with Crippen molar-refractivity contribution >= 4 is 17.0 Å². The Morgan fingerprint density at radius 1 is 1.15 bits per heavy atom. The highest BCUT2D eigenvalue weighted by Crippen LogP contribution is 2.15. The van der Waals surface area contributed by atoms with E-state index in [-0.39, 0.29) is 18.4 Å². The summed E-state index contributed by atoms with van der Waals surface area (Å²) in [6.45, 7) is 3.42. The molecule has 1 amide bonds. The van der Waals surface area contributed by atoms with Crippen LogP contribution >= 0.6 is 0 Å². The van der Waals surface area contributed by atoms with Crippen LogP contribution in [0.3, 0.4) is 0 Å². The third-order valence-electron chi connectivity index (χ3n) is 4.42. The molecule has 0 spiro atoms. The summed E-state index contributed by atoms with van der Waals surface area (Å²) in [5, 5.41) is 2.86. The van der Waals surface area contributed by atoms with E-state index >= 15 is 0 Å². The van der Waals surface area contributed by atoms with E-state index in [0.29, 0.717) is 30.8 Å². The molecule has 0 fully saturated rings. The summed E-state index contributed by atoms with van der Waals surface area (Å²) < 4.78 is 12.4. The first-order valence-electron chi connectivity index (χ1n) is 9.17. The van der Waals surface area contributed by atoms with Crippen molar-refractivity contribution in [2.24, 2.45) is 0 Å². The van der Waals surface area contributed by atoms with Crippen LogP contribution in [0.25, 0.3) is 11.1 Å². The average Bonchev–Trinajstić information content (AvgIpc) is 3.01. The van der Waals surface area contributed by atoms with Crippen LogP contribution in [0.15, 0.2) is 63.8 Å². The normalized spacial score (nSPS) is 12.2. The Balaban J connectivity index is 1.36. The molecule has 0 bridgehead atoms. The van der Waals surface area contributed by atoms with Crippen LogP contribution in [0.2, 0.25) is 0 Å². The molecule has 1 unspecified atom stereocenters. The number of nitrogens with zero attached hydrogens (tertiary/aromatic N) is 1. The maximum absolute atomic E-state index is 12.0. The van der Waals surface area contributed by atoms with Gasteiger partial charge >= 0.3 is 5.76 Å². The minimum Gasteiger partial charge on any atom is -0.408 e. The summed E-state index contributed by atoms with van der Waals surface area (Å²) in [6.07, 6.45) is 0.991. The molecule has 0 aliphatic carbocycles. The molecule has 3 aromatic rings. The van der Waals surface area contributed by atoms with Crippen molar-refractivity contribution in [1.29, 1.82) is 0 Å². The topological polar surface area (TPSA) is 73.5 Å². The molecule has 1 heterocycles. The first-order valence-corrected chi connectivity index (χ1v) is 9.17. The van der Waals surface area contributed by atoms with Crippen LogP contribution in [0.1, 0.15) is 31.4 Å². The SMILES string of the molecule is CC(OCCCNC(=O)CCn1c(=O)oc2ccccc21)c1ccccc1. The molecule has 1 aromatic heterocycles. The number of ether oxygens (including phenoxy) is 1. The largest absolute Gasteiger partial charge is 0.419 e. The van der Waals surface area contributed by atoms with E-state index in [2.05, 4.69) is 5.32 Å². The smallest absolute Gasteiger partial charge is 0.408 e. The maximum atomic E-state index is 12.0. The van der Waals surface area contributed by atoms with E-state index in [1.807, 2.05) is 55.5 Å². The quantitative estimate of drug-likeness (QED) is 0.588. The van der Waals surface area contributed by atoms with Crippen LogP contribution in [0.4, 0.5) is 0 Å². The van der Waals surface area contributed by atoms with E-state index in [1.54, 1.807) is 6.07 Å². The molecule has 0 aliphatic rings. The number of hydrogen-bond donors (Lipinski definition) is 1. The van der Waals surface area contributed by atoms with Gasteiger partial charge in [0.2, 0.25) is 5.91 Å². The van der Waals surface area contributed by atoms with Crippen LogP contribution in [-0.2, 0) is 16.1 Å². The zero-order chi connectivity index (χ0) is 19.1. The molecular formula is C21H24N2O4. The van der Waals surface area contributed by atoms with Gasteiger partial charge in [-0.1, -0.05) is 42.5 Å². The van der Waals surface area contributed by atoms with Gasteiger partial charge in [-0.2, -0.15) is 0 Å². The van der Waals surface area contributed by atoms with E-state index in [9.17, 15) is 9.59 Å². The third-order valence-corrected chi connectivity index (χ3v) is 4.42. The van der Waals surface area contributed by atoms with Crippen molar-refractivity contribution in [3.05, 3.63) is 70.7 Å². The van der Waals surface area contributed by atoms with Gasteiger partial charge < -0.3 is 14.5 Å². The standard InChI is InChI=1S/C21H24N2O4/c1-16(17-8-3-2-4-9-17)26-15-7-13-22-20(24)12-14-23-18-10-5-6-11-19(18)27-21(23)25/h2-6,8-11,16H,7,12-15H2,1H3,(H,22,24). The summed E-state index contributed by atoms with van der Waals surface area (Å²) in [7, 11) is 0. The summed E-state index contributed by atoms with van der Waals surface area (Å²) in [5.74, 6) is -0.532. The molecule has 142 valence electrons. The zero-order valence-electron chi connectivity index (χ0n) is 15.4. The number of fused-ring (bicyclic) bond motifs is 1. The highest BCUT2D eigenvalue weighted by atomic mass is 16.5. The zero-order valence-corrected chi connectivity index (χ0v) is 15.4. The Morgan fingerprint density at radius 3 is 2.70 bits per heavy atom. The predicted molar refractivity (Wildman–Crippen MR) is 104 cm³/mol. The van der Waals surface area contributed by atoms with Gasteiger partial charge in [0, 0.05) is 26.1 Å². The molecule has 0 aliphatic heterocycles. The molecule has 1 N–H and O–H groups in total. The lowest BCUT2D eigenvalue weighted by Crippen LogP contribution is -2.27. The van der Waals surface area contributed by atoms with Gasteiger partial charge in [0.15, 0.2) is 5.58 Å². The second-order valence-electron chi connectivity index (χ2n) is 6.36. The van der Waals surface area contributed by atoms with Crippen molar-refractivity contribution in [2.75, 3.05) is 13.2 Å². The minimum atomic E-state index is -0.438. The average molecular weight is 368 g/mol. The number of nitrogens with one attached hydrogen (secondary N) is 1. The van der Waals surface area contributed by atoms with E-state index < -0.39 is 5.76 Å². The Kier molecular flexibility index (Phi) is 6.44. The van der Waals surface area contributed by atoms with Gasteiger partial charge in [-0.15, -0.1) is 0 Å². The lowest BCUT2D eigenvalue weighted by Gasteiger charge is -2.13. The van der Waals surface area contributed by atoms with Gasteiger partial charge in [-0.05, 0) is 31.0 Å². The Morgan fingerprint density at radius 2 is 1.89 bits per heavy atom. The second kappa shape index (κ2) is 9.19. The number of aromatic nitrogens is 1. The van der Waals surface area contributed by atoms with Crippen LogP contribution in [0.5, 0.6) is 0 Å². The van der Waals surface area contributed by atoms with Crippen molar-refractivity contribution in [2.45, 2.75) is 32.4 Å². The Hall–Kier alpha value is -2.86. The molecular weight excluding hydrogens is 344 g/mol. The molecule has 3 rings (SSSR count). The molecule has 0 saturated carbocycles. The van der Waals surface area contributed by atoms with Gasteiger partial charge in [-0.25, -0.2) is 4.79 Å². The molecule has 0 radical (unpaired) electrons. The number of oxazole rings is 1. The maximum Gasteiger partial charge on any atom is 0.419 e. The molecule has 2 aromatic carbocycles. The van der Waals surface area contributed by atoms with Crippen LogP contribution in [0, 0.1) is 0 Å². The van der Waals surface area contributed by atoms with Crippen molar-refractivity contribution < 1.29 is 13.9 Å². The molecule has 6 nitrogen and oxygen atoms in total. The number of aryl methyl sites for hydroxylation is 1. The summed E-state index contributed by atoms with van der Waals surface area (Å²) in [6, 6.07) is 17.2. The van der Waals surface area contributed by atoms with E-state index in [1.165, 1.54) is 4.57 Å². The van der Waals surface area contributed by atoms with Crippen molar-refractivity contribution in [3.8, 4) is 0 Å². The van der Waals surface area contributed by atoms with Crippen LogP contribution < -0.4 is 11.1 Å². The Bertz CT molecular complexity index is 930. The summed E-state index contributed by atoms with van der Waals surface area (Å²) in [4.78, 5) is 23.9. The highest BCUT2D eigenvalue weighted by Gasteiger charge is 2.10. The number of benzene rings is 2. The number of rotatable bonds is 9. The first kappa shape index (κ1) is 18.9. The molecule has 6 heteroatoms. The monoisotopic (exact) mass is 368 g/mol. The first-order chi connectivity index (χ1) is 13.1. The Labute approximate surface area is 157 Å². The predicted octanol–water partition coefficient (Wildman–Crippen LogP) is 3.27. The third kappa shape index (κ3) is 5.08. The van der Waals surface area contributed by atoms with E-state index in [4.69, 9.17) is 9.15 Å². The van der Waals surface area contributed by atoms with Gasteiger partial charge in [0.25, 0.3) is 0 Å². The summed E-state index contributed by atoms with van der Waals surface area (Å²) in [5.41, 5.74) is 2.38. The van der Waals surface area contributed by atoms with Gasteiger partial charge in [-0.3, -0.25) is 9.36 Å². The highest BCUT2D eigenvalue weighted by molar-refractivity contribution is 5.76. The lowest BCUT2D eigenvalue weighted by atomic mass is 10.1. The van der Waals surface area contributed by atoms with Crippen molar-refractivity contribution in [3.63, 3.8) is 0 Å². The molecule has 27 heavy (non-hydrogen) atoms. The van der Waals surface area contributed by atoms with Crippen molar-refractivity contribution in [1.82, 2.24) is 9.88 Å². The summed E-state index contributed by atoms with van der Waals surface area (Å²) >= 11 is 0. The van der Waals surface area contributed by atoms with Gasteiger partial charge in [0.05, 0.1) is 11.6 Å². The fourth-order valence-corrected chi connectivity index (χ4v) is 2.91. The number of para-hydroxylation sites is 2. The number of amides is 1. The fourth-order valence-electron chi connectivity index (χ4n) is 2.91. The number of carbonyl (C=O) groups is 1. The fraction of sp³-hybridized carbons (Fsp3) is 0.333. The van der Waals surface area contributed by atoms with E-state index in [0.717, 1.165) is 12.0 Å². The molecule has 1 atom stereocenters. The van der Waals surface area contributed by atoms with Gasteiger partial charge in [0.1, 0.15) is 0 Å². The lowest BCUT2D eigenvalue weighted by molar-refractivity contribution is -0.121.